The van der Waals surface area contributed by atoms with Gasteiger partial charge in [-0.2, -0.15) is 0 Å². The summed E-state index contributed by atoms with van der Waals surface area (Å²) in [6.07, 6.45) is 72.0. The first-order chi connectivity index (χ1) is 32.0. The van der Waals surface area contributed by atoms with E-state index in [1.807, 2.05) is 12.2 Å². The van der Waals surface area contributed by atoms with Crippen molar-refractivity contribution in [3.05, 3.63) is 122 Å². The van der Waals surface area contributed by atoms with Gasteiger partial charge < -0.3 is 14.2 Å². The molecule has 0 aromatic heterocycles. The predicted octanol–water partition coefficient (Wildman–Crippen LogP) is 17.3. The molecule has 0 heterocycles. The highest BCUT2D eigenvalue weighted by Gasteiger charge is 2.19. The quantitative estimate of drug-likeness (QED) is 0.0262. The molecule has 0 aliphatic carbocycles. The molecular weight excluding hydrogens is 805 g/mol. The fourth-order valence-electron chi connectivity index (χ4n) is 6.60. The molecule has 0 spiro atoms. The van der Waals surface area contributed by atoms with Crippen molar-refractivity contribution in [2.75, 3.05) is 13.2 Å². The summed E-state index contributed by atoms with van der Waals surface area (Å²) in [6.45, 7) is 6.27. The zero-order valence-electron chi connectivity index (χ0n) is 41.7. The van der Waals surface area contributed by atoms with E-state index in [2.05, 4.69) is 130 Å². The Balaban J connectivity index is 4.57. The Morgan fingerprint density at radius 2 is 0.646 bits per heavy atom. The van der Waals surface area contributed by atoms with Gasteiger partial charge in [-0.1, -0.05) is 206 Å². The summed E-state index contributed by atoms with van der Waals surface area (Å²) >= 11 is 0. The molecule has 0 aliphatic rings. The van der Waals surface area contributed by atoms with Crippen LogP contribution in [0.3, 0.4) is 0 Å². The van der Waals surface area contributed by atoms with Gasteiger partial charge in [-0.15, -0.1) is 0 Å². The number of hydrogen-bond acceptors (Lipinski definition) is 6. The highest BCUT2D eigenvalue weighted by Crippen LogP contribution is 2.13. The summed E-state index contributed by atoms with van der Waals surface area (Å²) in [7, 11) is 0. The molecule has 0 radical (unpaired) electrons. The van der Waals surface area contributed by atoms with Crippen LogP contribution in [0.4, 0.5) is 0 Å². The average Bonchev–Trinajstić information content (AvgIpc) is 3.30. The minimum absolute atomic E-state index is 0.134. The number of ether oxygens (including phenoxy) is 3. The SMILES string of the molecule is CC/C=C\C/C=C\C/C=C\C/C=C\C/C=C\CCCC(=O)OCC(COC(=O)CC/C=C\C/C=C\C/C=C\C/C=C\CC)OC(=O)CCCCCCCCC/C=C\CCCCCCCC. The molecule has 0 saturated carbocycles. The van der Waals surface area contributed by atoms with Crippen LogP contribution in [0.5, 0.6) is 0 Å². The monoisotopic (exact) mass is 899 g/mol. The molecule has 0 amide bonds. The Morgan fingerprint density at radius 3 is 1.09 bits per heavy atom. The van der Waals surface area contributed by atoms with E-state index < -0.39 is 6.10 Å². The molecule has 0 fully saturated rings. The Labute approximate surface area is 399 Å². The van der Waals surface area contributed by atoms with E-state index in [9.17, 15) is 14.4 Å². The van der Waals surface area contributed by atoms with Gasteiger partial charge in [0.15, 0.2) is 6.10 Å². The first-order valence-electron chi connectivity index (χ1n) is 26.0. The van der Waals surface area contributed by atoms with Crippen LogP contribution in [0.15, 0.2) is 122 Å². The second-order valence-corrected chi connectivity index (χ2v) is 16.7. The number of carbonyl (C=O) groups excluding carboxylic acids is 3. The summed E-state index contributed by atoms with van der Waals surface area (Å²) < 4.78 is 16.7. The van der Waals surface area contributed by atoms with Crippen LogP contribution in [-0.2, 0) is 28.6 Å². The van der Waals surface area contributed by atoms with Crippen molar-refractivity contribution in [2.45, 2.75) is 219 Å². The van der Waals surface area contributed by atoms with E-state index in [1.165, 1.54) is 77.0 Å². The van der Waals surface area contributed by atoms with E-state index in [0.717, 1.165) is 83.5 Å². The van der Waals surface area contributed by atoms with Crippen LogP contribution in [0, 0.1) is 0 Å². The maximum absolute atomic E-state index is 12.8. The van der Waals surface area contributed by atoms with Gasteiger partial charge in [-0.05, 0) is 109 Å². The van der Waals surface area contributed by atoms with Gasteiger partial charge in [0, 0.05) is 19.3 Å². The highest BCUT2D eigenvalue weighted by atomic mass is 16.6. The lowest BCUT2D eigenvalue weighted by molar-refractivity contribution is -0.166. The zero-order valence-corrected chi connectivity index (χ0v) is 41.7. The standard InChI is InChI=1S/C59H94O6/c1-4-7-10-13-16-19-22-25-27-29-31-34-37-40-43-46-49-52-58(61)64-55-56(54-63-57(60)51-48-45-42-39-36-33-24-21-18-15-12-9-6-3)65-59(62)53-50-47-44-41-38-35-32-30-28-26-23-20-17-14-11-8-5-2/h7,9-10,12,16,18-19,21,25-28,31,33-34,36,40,42-43,45,56H,4-6,8,11,13-15,17,20,22-24,29-30,32,35,37-39,41,44,46-55H2,1-3H3/b10-7-,12-9-,19-16-,21-18-,27-25-,28-26-,34-31-,36-33-,43-40-,45-42-. The molecular formula is C59H94O6. The third-order valence-corrected chi connectivity index (χ3v) is 10.4. The average molecular weight is 899 g/mol. The smallest absolute Gasteiger partial charge is 0.306 e. The summed E-state index contributed by atoms with van der Waals surface area (Å²) in [5.41, 5.74) is 0. The van der Waals surface area contributed by atoms with E-state index >= 15 is 0 Å². The molecule has 1 atom stereocenters. The van der Waals surface area contributed by atoms with Crippen molar-refractivity contribution >= 4 is 17.9 Å². The summed E-state index contributed by atoms with van der Waals surface area (Å²) in [6, 6.07) is 0. The molecule has 0 bridgehead atoms. The van der Waals surface area contributed by atoms with Gasteiger partial charge >= 0.3 is 17.9 Å². The van der Waals surface area contributed by atoms with Crippen LogP contribution in [-0.4, -0.2) is 37.2 Å². The number of allylic oxidation sites excluding steroid dienone is 20. The van der Waals surface area contributed by atoms with E-state index in [4.69, 9.17) is 14.2 Å². The summed E-state index contributed by atoms with van der Waals surface area (Å²) in [5.74, 6) is -1.08. The lowest BCUT2D eigenvalue weighted by atomic mass is 10.1. The minimum atomic E-state index is -0.835. The molecule has 6 heteroatoms. The molecule has 1 unspecified atom stereocenters. The van der Waals surface area contributed by atoms with E-state index in [1.54, 1.807) is 0 Å². The number of rotatable bonds is 45. The molecule has 366 valence electrons. The van der Waals surface area contributed by atoms with Crippen molar-refractivity contribution in [1.29, 1.82) is 0 Å². The molecule has 0 saturated heterocycles. The Bertz CT molecular complexity index is 1400. The molecule has 65 heavy (non-hydrogen) atoms. The molecule has 0 aromatic rings. The minimum Gasteiger partial charge on any atom is -0.462 e. The van der Waals surface area contributed by atoms with Crippen LogP contribution >= 0.6 is 0 Å². The van der Waals surface area contributed by atoms with Crippen LogP contribution in [0.1, 0.15) is 213 Å². The first-order valence-corrected chi connectivity index (χ1v) is 26.0. The van der Waals surface area contributed by atoms with Gasteiger partial charge in [0.2, 0.25) is 0 Å². The molecule has 0 aromatic carbocycles. The van der Waals surface area contributed by atoms with Crippen LogP contribution in [0.2, 0.25) is 0 Å². The first kappa shape index (κ1) is 60.8. The zero-order chi connectivity index (χ0) is 47.2. The lowest BCUT2D eigenvalue weighted by Gasteiger charge is -2.18. The van der Waals surface area contributed by atoms with Gasteiger partial charge in [0.05, 0.1) is 0 Å². The fraction of sp³-hybridized carbons (Fsp3) is 0.610. The Morgan fingerprint density at radius 1 is 0.323 bits per heavy atom. The highest BCUT2D eigenvalue weighted by molar-refractivity contribution is 5.71. The third kappa shape index (κ3) is 50.7. The van der Waals surface area contributed by atoms with Crippen molar-refractivity contribution < 1.29 is 28.6 Å². The topological polar surface area (TPSA) is 78.9 Å². The molecule has 0 aliphatic heterocycles. The molecule has 0 N–H and O–H groups in total. The number of hydrogen-bond donors (Lipinski definition) is 0. The normalized spacial score (nSPS) is 13.1. The Hall–Kier alpha value is -4.19. The van der Waals surface area contributed by atoms with E-state index in [-0.39, 0.29) is 44.0 Å². The maximum Gasteiger partial charge on any atom is 0.306 e. The summed E-state index contributed by atoms with van der Waals surface area (Å²) in [5, 5.41) is 0. The van der Waals surface area contributed by atoms with Crippen LogP contribution < -0.4 is 0 Å². The van der Waals surface area contributed by atoms with Gasteiger partial charge in [0.25, 0.3) is 0 Å². The number of carbonyl (C=O) groups is 3. The largest absolute Gasteiger partial charge is 0.462 e. The van der Waals surface area contributed by atoms with Crippen molar-refractivity contribution in [2.24, 2.45) is 0 Å². The van der Waals surface area contributed by atoms with Crippen LogP contribution in [0.25, 0.3) is 0 Å². The predicted molar refractivity (Wildman–Crippen MR) is 279 cm³/mol. The molecule has 0 rings (SSSR count). The fourth-order valence-corrected chi connectivity index (χ4v) is 6.60. The van der Waals surface area contributed by atoms with Gasteiger partial charge in [0.1, 0.15) is 13.2 Å². The second-order valence-electron chi connectivity index (χ2n) is 16.7. The maximum atomic E-state index is 12.8. The van der Waals surface area contributed by atoms with E-state index in [0.29, 0.717) is 19.3 Å². The van der Waals surface area contributed by atoms with Gasteiger partial charge in [-0.25, -0.2) is 0 Å². The van der Waals surface area contributed by atoms with Crippen molar-refractivity contribution in [3.63, 3.8) is 0 Å². The van der Waals surface area contributed by atoms with Gasteiger partial charge in [-0.3, -0.25) is 14.4 Å². The summed E-state index contributed by atoms with van der Waals surface area (Å²) in [4.78, 5) is 37.9. The van der Waals surface area contributed by atoms with Crippen molar-refractivity contribution in [1.82, 2.24) is 0 Å². The lowest BCUT2D eigenvalue weighted by Crippen LogP contribution is -2.30. The third-order valence-electron chi connectivity index (χ3n) is 10.4. The Kier molecular flexibility index (Phi) is 49.1. The number of unbranched alkanes of at least 4 members (excludes halogenated alkanes) is 14. The number of esters is 3. The van der Waals surface area contributed by atoms with Crippen molar-refractivity contribution in [3.8, 4) is 0 Å². The second kappa shape index (κ2) is 52.4. The molecule has 6 nitrogen and oxygen atoms in total.